The summed E-state index contributed by atoms with van der Waals surface area (Å²) in [6, 6.07) is 0.253. The SMILES string of the molecule is CC(C)n1cc[nH]c1=O. The molecular formula is C6H10N2O. The summed E-state index contributed by atoms with van der Waals surface area (Å²) in [5, 5.41) is 0. The molecule has 3 heteroatoms. The van der Waals surface area contributed by atoms with Gasteiger partial charge in [0.25, 0.3) is 0 Å². The van der Waals surface area contributed by atoms with Crippen LogP contribution in [0.25, 0.3) is 0 Å². The Bertz CT molecular complexity index is 233. The first-order valence-corrected chi connectivity index (χ1v) is 2.97. The number of hydrogen-bond acceptors (Lipinski definition) is 1. The van der Waals surface area contributed by atoms with E-state index in [2.05, 4.69) is 4.98 Å². The van der Waals surface area contributed by atoms with E-state index in [0.717, 1.165) is 0 Å². The molecule has 0 spiro atoms. The van der Waals surface area contributed by atoms with Crippen LogP contribution in [0.3, 0.4) is 0 Å². The molecule has 0 radical (unpaired) electrons. The van der Waals surface area contributed by atoms with Crippen molar-refractivity contribution in [1.29, 1.82) is 0 Å². The van der Waals surface area contributed by atoms with Crippen molar-refractivity contribution in [2.24, 2.45) is 0 Å². The van der Waals surface area contributed by atoms with Crippen LogP contribution in [0.2, 0.25) is 0 Å². The highest BCUT2D eigenvalue weighted by Gasteiger charge is 1.97. The normalized spacial score (nSPS) is 10.6. The van der Waals surface area contributed by atoms with Gasteiger partial charge in [0.2, 0.25) is 0 Å². The van der Waals surface area contributed by atoms with Crippen molar-refractivity contribution in [2.45, 2.75) is 19.9 Å². The maximum absolute atomic E-state index is 10.8. The fourth-order valence-corrected chi connectivity index (χ4v) is 0.738. The number of imidazole rings is 1. The zero-order chi connectivity index (χ0) is 6.85. The number of aromatic nitrogens is 2. The van der Waals surface area contributed by atoms with Crippen LogP contribution in [0.1, 0.15) is 19.9 Å². The van der Waals surface area contributed by atoms with Gasteiger partial charge in [-0.25, -0.2) is 4.79 Å². The average molecular weight is 126 g/mol. The Hall–Kier alpha value is -0.990. The van der Waals surface area contributed by atoms with Crippen LogP contribution < -0.4 is 5.69 Å². The Balaban J connectivity index is 3.08. The van der Waals surface area contributed by atoms with E-state index < -0.39 is 0 Å². The molecule has 1 aromatic heterocycles. The summed E-state index contributed by atoms with van der Waals surface area (Å²) in [4.78, 5) is 13.3. The number of hydrogen-bond donors (Lipinski definition) is 1. The van der Waals surface area contributed by atoms with Crippen LogP contribution in [-0.4, -0.2) is 9.55 Å². The zero-order valence-corrected chi connectivity index (χ0v) is 5.59. The lowest BCUT2D eigenvalue weighted by molar-refractivity contribution is 0.580. The van der Waals surface area contributed by atoms with E-state index in [1.165, 1.54) is 0 Å². The molecule has 1 aromatic rings. The van der Waals surface area contributed by atoms with Gasteiger partial charge in [-0.3, -0.25) is 4.57 Å². The summed E-state index contributed by atoms with van der Waals surface area (Å²) in [7, 11) is 0. The fraction of sp³-hybridized carbons (Fsp3) is 0.500. The molecule has 0 fully saturated rings. The molecule has 0 aliphatic rings. The molecule has 0 atom stereocenters. The summed E-state index contributed by atoms with van der Waals surface area (Å²) < 4.78 is 1.64. The maximum atomic E-state index is 10.8. The summed E-state index contributed by atoms with van der Waals surface area (Å²) >= 11 is 0. The van der Waals surface area contributed by atoms with Gasteiger partial charge in [-0.1, -0.05) is 0 Å². The van der Waals surface area contributed by atoms with E-state index in [4.69, 9.17) is 0 Å². The highest BCUT2D eigenvalue weighted by atomic mass is 16.1. The third-order valence-electron chi connectivity index (χ3n) is 1.23. The molecule has 0 saturated heterocycles. The highest BCUT2D eigenvalue weighted by molar-refractivity contribution is 4.77. The Morgan fingerprint density at radius 1 is 1.67 bits per heavy atom. The van der Waals surface area contributed by atoms with E-state index >= 15 is 0 Å². The second kappa shape index (κ2) is 2.09. The minimum atomic E-state index is -0.0370. The van der Waals surface area contributed by atoms with Gasteiger partial charge in [0, 0.05) is 18.4 Å². The van der Waals surface area contributed by atoms with Crippen LogP contribution in [0, 0.1) is 0 Å². The average Bonchev–Trinajstić information content (AvgIpc) is 2.13. The monoisotopic (exact) mass is 126 g/mol. The molecule has 1 rings (SSSR count). The van der Waals surface area contributed by atoms with Crippen LogP contribution in [0.15, 0.2) is 17.2 Å². The van der Waals surface area contributed by atoms with Gasteiger partial charge >= 0.3 is 5.69 Å². The first-order chi connectivity index (χ1) is 4.22. The molecule has 1 N–H and O–H groups in total. The largest absolute Gasteiger partial charge is 0.325 e. The maximum Gasteiger partial charge on any atom is 0.325 e. The molecule has 0 unspecified atom stereocenters. The molecule has 0 aromatic carbocycles. The third-order valence-corrected chi connectivity index (χ3v) is 1.23. The predicted molar refractivity (Wildman–Crippen MR) is 35.4 cm³/mol. The van der Waals surface area contributed by atoms with Gasteiger partial charge in [0.1, 0.15) is 0 Å². The minimum Gasteiger partial charge on any atom is -0.313 e. The number of H-pyrrole nitrogens is 1. The summed E-state index contributed by atoms with van der Waals surface area (Å²) in [6.45, 7) is 3.94. The van der Waals surface area contributed by atoms with E-state index in [9.17, 15) is 4.79 Å². The van der Waals surface area contributed by atoms with Crippen LogP contribution in [-0.2, 0) is 0 Å². The van der Waals surface area contributed by atoms with Gasteiger partial charge in [0.15, 0.2) is 0 Å². The van der Waals surface area contributed by atoms with Gasteiger partial charge < -0.3 is 4.98 Å². The van der Waals surface area contributed by atoms with Gasteiger partial charge in [-0.05, 0) is 13.8 Å². The molecule has 50 valence electrons. The second-order valence-corrected chi connectivity index (χ2v) is 2.27. The quantitative estimate of drug-likeness (QED) is 0.592. The van der Waals surface area contributed by atoms with Gasteiger partial charge in [-0.15, -0.1) is 0 Å². The van der Waals surface area contributed by atoms with Crippen molar-refractivity contribution in [3.63, 3.8) is 0 Å². The molecule has 0 amide bonds. The van der Waals surface area contributed by atoms with E-state index in [1.54, 1.807) is 17.0 Å². The van der Waals surface area contributed by atoms with E-state index in [1.807, 2.05) is 13.8 Å². The lowest BCUT2D eigenvalue weighted by Gasteiger charge is -2.01. The summed E-state index contributed by atoms with van der Waals surface area (Å²) in [5.41, 5.74) is -0.0370. The second-order valence-electron chi connectivity index (χ2n) is 2.27. The van der Waals surface area contributed by atoms with Gasteiger partial charge in [-0.2, -0.15) is 0 Å². The molecule has 0 saturated carbocycles. The van der Waals surface area contributed by atoms with Crippen LogP contribution in [0.5, 0.6) is 0 Å². The van der Waals surface area contributed by atoms with Gasteiger partial charge in [0.05, 0.1) is 0 Å². The Labute approximate surface area is 53.3 Å². The summed E-state index contributed by atoms with van der Waals surface area (Å²) in [5.74, 6) is 0. The number of aromatic amines is 1. The molecule has 9 heavy (non-hydrogen) atoms. The number of nitrogens with zero attached hydrogens (tertiary/aromatic N) is 1. The molecule has 1 heterocycles. The smallest absolute Gasteiger partial charge is 0.313 e. The number of nitrogens with one attached hydrogen (secondary N) is 1. The topological polar surface area (TPSA) is 37.8 Å². The first-order valence-electron chi connectivity index (χ1n) is 2.97. The summed E-state index contributed by atoms with van der Waals surface area (Å²) in [6.07, 6.45) is 3.38. The van der Waals surface area contributed by atoms with Crippen LogP contribution >= 0.6 is 0 Å². The zero-order valence-electron chi connectivity index (χ0n) is 5.59. The third kappa shape index (κ3) is 1.04. The lowest BCUT2D eigenvalue weighted by Crippen LogP contribution is -2.17. The minimum absolute atomic E-state index is 0.0370. The van der Waals surface area contributed by atoms with Crippen molar-refractivity contribution in [2.75, 3.05) is 0 Å². The van der Waals surface area contributed by atoms with Crippen molar-refractivity contribution in [3.05, 3.63) is 22.9 Å². The molecule has 0 aliphatic heterocycles. The predicted octanol–water partition coefficient (Wildman–Crippen LogP) is 0.757. The van der Waals surface area contributed by atoms with Crippen LogP contribution in [0.4, 0.5) is 0 Å². The van der Waals surface area contributed by atoms with Crippen molar-refractivity contribution in [3.8, 4) is 0 Å². The van der Waals surface area contributed by atoms with Crippen molar-refractivity contribution in [1.82, 2.24) is 9.55 Å². The van der Waals surface area contributed by atoms with Crippen molar-refractivity contribution >= 4 is 0 Å². The molecule has 0 aliphatic carbocycles. The Morgan fingerprint density at radius 3 is 2.56 bits per heavy atom. The molecular weight excluding hydrogens is 116 g/mol. The standard InChI is InChI=1S/C6H10N2O/c1-5(2)8-4-3-7-6(8)9/h3-5H,1-2H3,(H,7,9). The first kappa shape index (κ1) is 6.13. The Morgan fingerprint density at radius 2 is 2.33 bits per heavy atom. The highest BCUT2D eigenvalue weighted by Crippen LogP contribution is 1.95. The van der Waals surface area contributed by atoms with E-state index in [0.29, 0.717) is 0 Å². The molecule has 3 nitrogen and oxygen atoms in total. The van der Waals surface area contributed by atoms with E-state index in [-0.39, 0.29) is 11.7 Å². The number of rotatable bonds is 1. The molecule has 0 bridgehead atoms. The fourth-order valence-electron chi connectivity index (χ4n) is 0.738. The van der Waals surface area contributed by atoms with Crippen molar-refractivity contribution < 1.29 is 0 Å². The lowest BCUT2D eigenvalue weighted by atomic mass is 10.4. The Kier molecular flexibility index (Phi) is 1.42.